The van der Waals surface area contributed by atoms with Crippen LogP contribution in [0.1, 0.15) is 46.1 Å². The number of hydrogen-bond acceptors (Lipinski definition) is 2. The maximum Gasteiger partial charge on any atom is 0.243 e. The van der Waals surface area contributed by atoms with Gasteiger partial charge in [-0.1, -0.05) is 20.8 Å². The lowest BCUT2D eigenvalue weighted by Crippen LogP contribution is -2.42. The smallest absolute Gasteiger partial charge is 0.243 e. The molecule has 1 aliphatic rings. The zero-order valence-corrected chi connectivity index (χ0v) is 13.6. The van der Waals surface area contributed by atoms with E-state index in [9.17, 15) is 4.79 Å². The molecule has 0 spiro atoms. The fraction of sp³-hybridized carbons (Fsp3) is 0.706. The van der Waals surface area contributed by atoms with E-state index in [1.165, 1.54) is 19.4 Å². The molecule has 1 aromatic rings. The minimum Gasteiger partial charge on any atom is -0.353 e. The van der Waals surface area contributed by atoms with Crippen molar-refractivity contribution >= 4 is 5.91 Å². The zero-order chi connectivity index (χ0) is 15.2. The number of likely N-dealkylation sites (N-methyl/N-ethyl adjacent to an activating group) is 1. The summed E-state index contributed by atoms with van der Waals surface area (Å²) in [6.07, 6.45) is 7.30. The first kappa shape index (κ1) is 16.1. The normalized spacial score (nSPS) is 20.9. The van der Waals surface area contributed by atoms with Gasteiger partial charge in [-0.15, -0.1) is 0 Å². The van der Waals surface area contributed by atoms with Crippen molar-refractivity contribution in [1.82, 2.24) is 14.8 Å². The predicted octanol–water partition coefficient (Wildman–Crippen LogP) is 2.68. The number of aromatic nitrogens is 1. The van der Waals surface area contributed by atoms with Gasteiger partial charge in [-0.05, 0) is 50.4 Å². The van der Waals surface area contributed by atoms with E-state index >= 15 is 0 Å². The zero-order valence-electron chi connectivity index (χ0n) is 13.6. The molecule has 118 valence electrons. The molecule has 2 heterocycles. The maximum absolute atomic E-state index is 12.6. The van der Waals surface area contributed by atoms with E-state index in [1.807, 2.05) is 29.1 Å². The Labute approximate surface area is 128 Å². The van der Waals surface area contributed by atoms with Crippen LogP contribution in [0, 0.1) is 5.92 Å². The van der Waals surface area contributed by atoms with Crippen LogP contribution in [-0.4, -0.2) is 41.1 Å². The lowest BCUT2D eigenvalue weighted by molar-refractivity contribution is -0.125. The third-order valence-corrected chi connectivity index (χ3v) is 4.40. The Bertz CT molecular complexity index is 427. The van der Waals surface area contributed by atoms with E-state index in [-0.39, 0.29) is 11.9 Å². The van der Waals surface area contributed by atoms with Gasteiger partial charge in [0.05, 0.1) is 0 Å². The molecular weight excluding hydrogens is 262 g/mol. The average molecular weight is 291 g/mol. The number of amides is 1. The fourth-order valence-electron chi connectivity index (χ4n) is 3.25. The molecule has 21 heavy (non-hydrogen) atoms. The number of carbonyl (C=O) groups excluding carboxylic acids is 1. The maximum atomic E-state index is 12.6. The van der Waals surface area contributed by atoms with Gasteiger partial charge in [0.2, 0.25) is 5.91 Å². The number of carbonyl (C=O) groups is 1. The Hall–Kier alpha value is -1.29. The van der Waals surface area contributed by atoms with Crippen LogP contribution < -0.4 is 5.32 Å². The van der Waals surface area contributed by atoms with Gasteiger partial charge in [0, 0.05) is 25.0 Å². The first-order valence-electron chi connectivity index (χ1n) is 8.26. The number of nitrogens with one attached hydrogen (secondary N) is 1. The molecule has 4 nitrogen and oxygen atoms in total. The summed E-state index contributed by atoms with van der Waals surface area (Å²) in [4.78, 5) is 15.0. The minimum absolute atomic E-state index is 0.0866. The van der Waals surface area contributed by atoms with Crippen molar-refractivity contribution in [2.24, 2.45) is 5.92 Å². The Kier molecular flexibility index (Phi) is 5.85. The van der Waals surface area contributed by atoms with Crippen LogP contribution in [-0.2, 0) is 4.79 Å². The van der Waals surface area contributed by atoms with Crippen LogP contribution in [0.2, 0.25) is 0 Å². The summed E-state index contributed by atoms with van der Waals surface area (Å²) in [7, 11) is 0. The lowest BCUT2D eigenvalue weighted by atomic mass is 10.0. The average Bonchev–Trinajstić information content (AvgIpc) is 3.12. The van der Waals surface area contributed by atoms with E-state index in [0.717, 1.165) is 19.5 Å². The first-order valence-corrected chi connectivity index (χ1v) is 8.26. The first-order chi connectivity index (χ1) is 10.1. The predicted molar refractivity (Wildman–Crippen MR) is 86.2 cm³/mol. The highest BCUT2D eigenvalue weighted by molar-refractivity contribution is 5.80. The summed E-state index contributed by atoms with van der Waals surface area (Å²) in [5.41, 5.74) is 0. The molecule has 0 aromatic carbocycles. The van der Waals surface area contributed by atoms with Gasteiger partial charge in [0.1, 0.15) is 6.04 Å². The largest absolute Gasteiger partial charge is 0.353 e. The minimum atomic E-state index is -0.0866. The monoisotopic (exact) mass is 291 g/mol. The van der Waals surface area contributed by atoms with E-state index in [1.54, 1.807) is 0 Å². The van der Waals surface area contributed by atoms with Gasteiger partial charge in [0.15, 0.2) is 0 Å². The highest BCUT2D eigenvalue weighted by atomic mass is 16.2. The second kappa shape index (κ2) is 7.64. The van der Waals surface area contributed by atoms with Crippen molar-refractivity contribution in [1.29, 1.82) is 0 Å². The third kappa shape index (κ3) is 4.34. The van der Waals surface area contributed by atoms with Gasteiger partial charge < -0.3 is 9.88 Å². The summed E-state index contributed by atoms with van der Waals surface area (Å²) in [6.45, 7) is 9.56. The molecule has 1 aliphatic heterocycles. The van der Waals surface area contributed by atoms with Crippen molar-refractivity contribution in [2.75, 3.05) is 19.6 Å². The number of nitrogens with zero attached hydrogens (tertiary/aromatic N) is 2. The van der Waals surface area contributed by atoms with Crippen molar-refractivity contribution in [2.45, 2.75) is 52.1 Å². The van der Waals surface area contributed by atoms with Crippen molar-refractivity contribution in [3.05, 3.63) is 24.5 Å². The topological polar surface area (TPSA) is 37.3 Å². The molecular formula is C17H29N3O. The molecule has 1 amide bonds. The number of rotatable bonds is 7. The SMILES string of the molecule is CCN1CCCC1CNC(=O)C(CC(C)C)n1cccc1. The van der Waals surface area contributed by atoms with E-state index in [2.05, 4.69) is 31.0 Å². The van der Waals surface area contributed by atoms with Crippen molar-refractivity contribution in [3.63, 3.8) is 0 Å². The van der Waals surface area contributed by atoms with Crippen LogP contribution in [0.4, 0.5) is 0 Å². The van der Waals surface area contributed by atoms with Crippen LogP contribution in [0.15, 0.2) is 24.5 Å². The molecule has 0 radical (unpaired) electrons. The molecule has 2 unspecified atom stereocenters. The van der Waals surface area contributed by atoms with E-state index in [4.69, 9.17) is 0 Å². The molecule has 2 rings (SSSR count). The Morgan fingerprint density at radius 2 is 2.05 bits per heavy atom. The molecule has 0 bridgehead atoms. The molecule has 0 saturated carbocycles. The Morgan fingerprint density at radius 3 is 2.67 bits per heavy atom. The van der Waals surface area contributed by atoms with Crippen LogP contribution in [0.5, 0.6) is 0 Å². The molecule has 0 aliphatic carbocycles. The third-order valence-electron chi connectivity index (χ3n) is 4.40. The van der Waals surface area contributed by atoms with Gasteiger partial charge in [-0.2, -0.15) is 0 Å². The van der Waals surface area contributed by atoms with Gasteiger partial charge in [-0.3, -0.25) is 9.69 Å². The highest BCUT2D eigenvalue weighted by Crippen LogP contribution is 2.19. The highest BCUT2D eigenvalue weighted by Gasteiger charge is 2.25. The van der Waals surface area contributed by atoms with Gasteiger partial charge in [0.25, 0.3) is 0 Å². The summed E-state index contributed by atoms with van der Waals surface area (Å²) in [5.74, 6) is 0.657. The summed E-state index contributed by atoms with van der Waals surface area (Å²) in [6, 6.07) is 4.40. The molecule has 1 saturated heterocycles. The van der Waals surface area contributed by atoms with E-state index in [0.29, 0.717) is 12.0 Å². The number of hydrogen-bond donors (Lipinski definition) is 1. The van der Waals surface area contributed by atoms with Crippen molar-refractivity contribution in [3.8, 4) is 0 Å². The second-order valence-electron chi connectivity index (χ2n) is 6.45. The van der Waals surface area contributed by atoms with E-state index < -0.39 is 0 Å². The Balaban J connectivity index is 1.92. The van der Waals surface area contributed by atoms with Gasteiger partial charge in [-0.25, -0.2) is 0 Å². The van der Waals surface area contributed by atoms with Crippen LogP contribution in [0.25, 0.3) is 0 Å². The molecule has 1 aromatic heterocycles. The number of likely N-dealkylation sites (tertiary alicyclic amines) is 1. The molecule has 4 heteroatoms. The molecule has 1 fully saturated rings. The quantitative estimate of drug-likeness (QED) is 0.838. The Morgan fingerprint density at radius 1 is 1.33 bits per heavy atom. The van der Waals surface area contributed by atoms with Crippen LogP contribution >= 0.6 is 0 Å². The fourth-order valence-corrected chi connectivity index (χ4v) is 3.25. The molecule has 1 N–H and O–H groups in total. The second-order valence-corrected chi connectivity index (χ2v) is 6.45. The van der Waals surface area contributed by atoms with Crippen LogP contribution in [0.3, 0.4) is 0 Å². The molecule has 2 atom stereocenters. The lowest BCUT2D eigenvalue weighted by Gasteiger charge is -2.25. The standard InChI is InChI=1S/C17H29N3O/c1-4-19-11-7-8-15(19)13-18-17(21)16(12-14(2)3)20-9-5-6-10-20/h5-6,9-10,14-16H,4,7-8,11-13H2,1-3H3,(H,18,21). The summed E-state index contributed by atoms with van der Waals surface area (Å²) in [5, 5.41) is 3.18. The van der Waals surface area contributed by atoms with Crippen molar-refractivity contribution < 1.29 is 4.79 Å². The summed E-state index contributed by atoms with van der Waals surface area (Å²) >= 11 is 0. The van der Waals surface area contributed by atoms with Gasteiger partial charge >= 0.3 is 0 Å². The summed E-state index contributed by atoms with van der Waals surface area (Å²) < 4.78 is 2.03.